The zero-order valence-electron chi connectivity index (χ0n) is 17.6. The van der Waals surface area contributed by atoms with E-state index in [1.165, 1.54) is 17.7 Å². The number of hydrogen-bond acceptors (Lipinski definition) is 4. The first-order chi connectivity index (χ1) is 15.1. The number of halogens is 3. The van der Waals surface area contributed by atoms with Crippen LogP contribution in [0.1, 0.15) is 29.5 Å². The molecular formula is C24H24ClF2N5. The van der Waals surface area contributed by atoms with E-state index in [9.17, 15) is 8.78 Å². The molecule has 0 spiro atoms. The van der Waals surface area contributed by atoms with Crippen molar-refractivity contribution in [2.24, 2.45) is 0 Å². The maximum Gasteiger partial charge on any atom is 0.146 e. The average molecular weight is 456 g/mol. The smallest absolute Gasteiger partial charge is 0.146 e. The fourth-order valence-corrected chi connectivity index (χ4v) is 4.18. The van der Waals surface area contributed by atoms with Gasteiger partial charge in [0.1, 0.15) is 23.3 Å². The summed E-state index contributed by atoms with van der Waals surface area (Å²) < 4.78 is 27.8. The van der Waals surface area contributed by atoms with Crippen LogP contribution in [0.2, 0.25) is 0 Å². The molecule has 0 aliphatic carbocycles. The fourth-order valence-electron chi connectivity index (χ4n) is 4.18. The minimum atomic E-state index is -0.806. The van der Waals surface area contributed by atoms with Gasteiger partial charge in [-0.25, -0.2) is 8.78 Å². The number of nitriles is 2. The van der Waals surface area contributed by atoms with Crippen molar-refractivity contribution in [2.45, 2.75) is 19.3 Å². The van der Waals surface area contributed by atoms with E-state index < -0.39 is 17.2 Å². The Morgan fingerprint density at radius 1 is 0.938 bits per heavy atom. The molecule has 0 radical (unpaired) electrons. The number of unbranched alkanes of at least 4 members (excludes halogenated alkanes) is 1. The number of nitrogens with one attached hydrogen (secondary N) is 1. The number of rotatable bonds is 6. The zero-order chi connectivity index (χ0) is 21.8. The van der Waals surface area contributed by atoms with Crippen molar-refractivity contribution < 1.29 is 8.78 Å². The summed E-state index contributed by atoms with van der Waals surface area (Å²) in [6.07, 6.45) is 5.10. The Balaban J connectivity index is 0.00000289. The summed E-state index contributed by atoms with van der Waals surface area (Å²) in [5, 5.41) is 19.0. The summed E-state index contributed by atoms with van der Waals surface area (Å²) >= 11 is 0. The molecule has 0 saturated carbocycles. The predicted molar refractivity (Wildman–Crippen MR) is 123 cm³/mol. The number of nitrogens with zero attached hydrogens (tertiary/aromatic N) is 4. The van der Waals surface area contributed by atoms with Gasteiger partial charge in [-0.15, -0.1) is 12.4 Å². The van der Waals surface area contributed by atoms with Gasteiger partial charge in [-0.3, -0.25) is 4.90 Å². The lowest BCUT2D eigenvalue weighted by atomic mass is 10.1. The highest BCUT2D eigenvalue weighted by atomic mass is 35.5. The van der Waals surface area contributed by atoms with Crippen LogP contribution in [0.15, 0.2) is 36.5 Å². The van der Waals surface area contributed by atoms with E-state index >= 15 is 0 Å². The monoisotopic (exact) mass is 455 g/mol. The first kappa shape index (κ1) is 23.5. The SMILES string of the molecule is Cl.N#Cc1ccc2[nH]cc(CCCCN3CCN(c4cc(F)c(C#N)c(F)c4)CC3)c2c1. The molecule has 3 aromatic rings. The van der Waals surface area contributed by atoms with E-state index in [1.807, 2.05) is 29.3 Å². The third kappa shape index (κ3) is 5.02. The third-order valence-corrected chi connectivity index (χ3v) is 5.94. The minimum Gasteiger partial charge on any atom is -0.369 e. The lowest BCUT2D eigenvalue weighted by Gasteiger charge is -2.36. The predicted octanol–water partition coefficient (Wildman–Crippen LogP) is 4.76. The molecule has 0 unspecified atom stereocenters. The molecule has 1 saturated heterocycles. The van der Waals surface area contributed by atoms with Gasteiger partial charge in [-0.2, -0.15) is 10.5 Å². The Kier molecular flexibility index (Phi) is 7.69. The molecule has 0 atom stereocenters. The highest BCUT2D eigenvalue weighted by Crippen LogP contribution is 2.24. The number of aryl methyl sites for hydroxylation is 1. The molecule has 0 amide bonds. The number of aromatic nitrogens is 1. The second-order valence-electron chi connectivity index (χ2n) is 7.87. The number of piperazine rings is 1. The van der Waals surface area contributed by atoms with Gasteiger partial charge in [-0.05, 0) is 61.7 Å². The van der Waals surface area contributed by atoms with Gasteiger partial charge in [0.05, 0.1) is 11.6 Å². The molecule has 1 aromatic heterocycles. The number of H-pyrrole nitrogens is 1. The molecule has 0 bridgehead atoms. The van der Waals surface area contributed by atoms with E-state index in [0.717, 1.165) is 49.8 Å². The topological polar surface area (TPSA) is 69.8 Å². The van der Waals surface area contributed by atoms with Crippen LogP contribution in [0, 0.1) is 34.3 Å². The standard InChI is InChI=1S/C24H23F2N5.ClH/c25-22-12-19(13-23(26)21(22)15-28)31-9-7-30(8-10-31)6-2-1-3-18-16-29-24-5-4-17(14-27)11-20(18)24;/h4-5,11-13,16,29H,1-3,6-10H2;1H. The molecule has 1 N–H and O–H groups in total. The molecule has 1 aliphatic rings. The largest absolute Gasteiger partial charge is 0.369 e. The normalized spacial score (nSPS) is 14.1. The van der Waals surface area contributed by atoms with E-state index in [4.69, 9.17) is 10.5 Å². The first-order valence-electron chi connectivity index (χ1n) is 10.5. The molecule has 4 rings (SSSR count). The summed E-state index contributed by atoms with van der Waals surface area (Å²) in [7, 11) is 0. The van der Waals surface area contributed by atoms with Crippen molar-refractivity contribution in [3.05, 3.63) is 64.9 Å². The van der Waals surface area contributed by atoms with E-state index in [2.05, 4.69) is 16.0 Å². The van der Waals surface area contributed by atoms with E-state index in [0.29, 0.717) is 24.3 Å². The average Bonchev–Trinajstić information content (AvgIpc) is 3.19. The molecule has 1 aliphatic heterocycles. The van der Waals surface area contributed by atoms with Crippen molar-refractivity contribution in [1.29, 1.82) is 10.5 Å². The summed E-state index contributed by atoms with van der Waals surface area (Å²) in [4.78, 5) is 7.60. The summed E-state index contributed by atoms with van der Waals surface area (Å²) in [5.41, 5.74) is 2.93. The lowest BCUT2D eigenvalue weighted by molar-refractivity contribution is 0.253. The van der Waals surface area contributed by atoms with Crippen LogP contribution in [-0.2, 0) is 6.42 Å². The van der Waals surface area contributed by atoms with Gasteiger partial charge in [0.2, 0.25) is 0 Å². The van der Waals surface area contributed by atoms with Crippen molar-refractivity contribution in [3.63, 3.8) is 0 Å². The van der Waals surface area contributed by atoms with Crippen LogP contribution < -0.4 is 4.90 Å². The van der Waals surface area contributed by atoms with Gasteiger partial charge >= 0.3 is 0 Å². The second kappa shape index (κ2) is 10.5. The molecule has 2 aromatic carbocycles. The van der Waals surface area contributed by atoms with Crippen molar-refractivity contribution >= 4 is 29.0 Å². The maximum atomic E-state index is 13.9. The Morgan fingerprint density at radius 3 is 2.31 bits per heavy atom. The maximum absolute atomic E-state index is 13.9. The Hall–Kier alpha value is -3.13. The van der Waals surface area contributed by atoms with E-state index in [1.54, 1.807) is 6.07 Å². The van der Waals surface area contributed by atoms with Crippen molar-refractivity contribution in [2.75, 3.05) is 37.6 Å². The fraction of sp³-hybridized carbons (Fsp3) is 0.333. The second-order valence-corrected chi connectivity index (χ2v) is 7.87. The molecule has 8 heteroatoms. The lowest BCUT2D eigenvalue weighted by Crippen LogP contribution is -2.46. The highest BCUT2D eigenvalue weighted by molar-refractivity contribution is 5.85. The summed E-state index contributed by atoms with van der Waals surface area (Å²) in [6.45, 7) is 4.05. The van der Waals surface area contributed by atoms with Crippen LogP contribution in [0.25, 0.3) is 10.9 Å². The molecule has 5 nitrogen and oxygen atoms in total. The number of benzene rings is 2. The van der Waals surface area contributed by atoms with Gasteiger partial charge in [0.15, 0.2) is 0 Å². The molecule has 166 valence electrons. The van der Waals surface area contributed by atoms with Gasteiger partial charge in [0, 0.05) is 49.0 Å². The van der Waals surface area contributed by atoms with Crippen LogP contribution in [0.3, 0.4) is 0 Å². The Bertz CT molecular complexity index is 1150. The third-order valence-electron chi connectivity index (χ3n) is 5.94. The number of aromatic amines is 1. The van der Waals surface area contributed by atoms with Crippen LogP contribution >= 0.6 is 12.4 Å². The minimum absolute atomic E-state index is 0. The zero-order valence-corrected chi connectivity index (χ0v) is 18.4. The Labute approximate surface area is 192 Å². The van der Waals surface area contributed by atoms with Crippen LogP contribution in [0.4, 0.5) is 14.5 Å². The number of anilines is 1. The van der Waals surface area contributed by atoms with E-state index in [-0.39, 0.29) is 12.4 Å². The molecular weight excluding hydrogens is 432 g/mol. The Morgan fingerprint density at radius 2 is 1.66 bits per heavy atom. The number of fused-ring (bicyclic) bond motifs is 1. The highest BCUT2D eigenvalue weighted by Gasteiger charge is 2.20. The number of hydrogen-bond donors (Lipinski definition) is 1. The van der Waals surface area contributed by atoms with Gasteiger partial charge in [-0.1, -0.05) is 0 Å². The van der Waals surface area contributed by atoms with Crippen molar-refractivity contribution in [1.82, 2.24) is 9.88 Å². The van der Waals surface area contributed by atoms with Crippen LogP contribution in [-0.4, -0.2) is 42.6 Å². The summed E-state index contributed by atoms with van der Waals surface area (Å²) in [5.74, 6) is -1.61. The van der Waals surface area contributed by atoms with Crippen LogP contribution in [0.5, 0.6) is 0 Å². The first-order valence-corrected chi connectivity index (χ1v) is 10.5. The van der Waals surface area contributed by atoms with Crippen molar-refractivity contribution in [3.8, 4) is 12.1 Å². The van der Waals surface area contributed by atoms with Gasteiger partial charge in [0.25, 0.3) is 0 Å². The molecule has 2 heterocycles. The quantitative estimate of drug-likeness (QED) is 0.544. The summed E-state index contributed by atoms with van der Waals surface area (Å²) in [6, 6.07) is 12.0. The molecule has 1 fully saturated rings. The molecule has 32 heavy (non-hydrogen) atoms. The van der Waals surface area contributed by atoms with Gasteiger partial charge < -0.3 is 9.88 Å².